The predicted molar refractivity (Wildman–Crippen MR) is 75.2 cm³/mol. The van der Waals surface area contributed by atoms with Crippen LogP contribution in [0.5, 0.6) is 0 Å². The average molecular weight is 326 g/mol. The zero-order valence-corrected chi connectivity index (χ0v) is 13.4. The molecule has 3 nitrogen and oxygen atoms in total. The van der Waals surface area contributed by atoms with Crippen molar-refractivity contribution in [3.05, 3.63) is 29.3 Å². The van der Waals surface area contributed by atoms with E-state index in [1.807, 2.05) is 6.92 Å². The Balaban J connectivity index is 3.45. The van der Waals surface area contributed by atoms with Crippen molar-refractivity contribution in [1.82, 2.24) is 4.31 Å². The highest BCUT2D eigenvalue weighted by Crippen LogP contribution is 2.29. The Labute approximate surface area is 123 Å². The Hall–Kier alpha value is -0.720. The first-order chi connectivity index (χ1) is 9.09. The van der Waals surface area contributed by atoms with Gasteiger partial charge >= 0.3 is 0 Å². The highest BCUT2D eigenvalue weighted by atomic mass is 35.5. The molecular weight excluding hydrogens is 308 g/mol. The van der Waals surface area contributed by atoms with Crippen LogP contribution in [0.3, 0.4) is 0 Å². The van der Waals surface area contributed by atoms with Crippen molar-refractivity contribution in [2.45, 2.75) is 43.5 Å². The van der Waals surface area contributed by atoms with E-state index in [1.54, 1.807) is 13.8 Å². The maximum atomic E-state index is 14.2. The molecule has 0 radical (unpaired) electrons. The minimum atomic E-state index is -4.06. The summed E-state index contributed by atoms with van der Waals surface area (Å²) in [4.78, 5) is -0.557. The van der Waals surface area contributed by atoms with Gasteiger partial charge in [-0.1, -0.05) is 6.92 Å². The molecule has 7 heteroatoms. The van der Waals surface area contributed by atoms with Crippen molar-refractivity contribution in [3.63, 3.8) is 0 Å². The second-order valence-electron chi connectivity index (χ2n) is 5.11. The SMILES string of the molecule is CCC(C)(C)N(C)S(=O)(=O)c1ccc(F)c(CCl)c1F. The van der Waals surface area contributed by atoms with E-state index >= 15 is 0 Å². The molecule has 114 valence electrons. The quantitative estimate of drug-likeness (QED) is 0.777. The molecule has 0 fully saturated rings. The van der Waals surface area contributed by atoms with Gasteiger partial charge in [0.25, 0.3) is 0 Å². The molecule has 20 heavy (non-hydrogen) atoms. The third kappa shape index (κ3) is 2.97. The normalized spacial score (nSPS) is 13.0. The molecular formula is C13H18ClF2NO2S. The number of alkyl halides is 1. The van der Waals surface area contributed by atoms with E-state index in [0.29, 0.717) is 6.42 Å². The lowest BCUT2D eigenvalue weighted by Crippen LogP contribution is -2.44. The lowest BCUT2D eigenvalue weighted by molar-refractivity contribution is 0.256. The van der Waals surface area contributed by atoms with Crippen LogP contribution in [0.15, 0.2) is 17.0 Å². The molecule has 1 rings (SSSR count). The van der Waals surface area contributed by atoms with Gasteiger partial charge in [-0.05, 0) is 32.4 Å². The maximum Gasteiger partial charge on any atom is 0.246 e. The van der Waals surface area contributed by atoms with Crippen molar-refractivity contribution in [2.75, 3.05) is 7.05 Å². The third-order valence-electron chi connectivity index (χ3n) is 3.64. The number of nitrogens with zero attached hydrogens (tertiary/aromatic N) is 1. The van der Waals surface area contributed by atoms with Crippen molar-refractivity contribution < 1.29 is 17.2 Å². The molecule has 0 aliphatic heterocycles. The number of benzene rings is 1. The summed E-state index contributed by atoms with van der Waals surface area (Å²) in [6.45, 7) is 5.29. The van der Waals surface area contributed by atoms with Crippen LogP contribution in [0, 0.1) is 11.6 Å². The summed E-state index contributed by atoms with van der Waals surface area (Å²) in [7, 11) is -2.68. The second-order valence-corrected chi connectivity index (χ2v) is 7.32. The Morgan fingerprint density at radius 1 is 1.30 bits per heavy atom. The Bertz CT molecular complexity index is 603. The number of hydrogen-bond donors (Lipinski definition) is 0. The van der Waals surface area contributed by atoms with Crippen LogP contribution in [-0.2, 0) is 15.9 Å². The van der Waals surface area contributed by atoms with Crippen LogP contribution in [-0.4, -0.2) is 25.3 Å². The number of rotatable bonds is 5. The van der Waals surface area contributed by atoms with E-state index in [-0.39, 0.29) is 0 Å². The molecule has 0 bridgehead atoms. The first-order valence-electron chi connectivity index (χ1n) is 6.11. The van der Waals surface area contributed by atoms with Gasteiger partial charge in [0.15, 0.2) is 5.82 Å². The molecule has 0 aromatic heterocycles. The maximum absolute atomic E-state index is 14.2. The van der Waals surface area contributed by atoms with Gasteiger partial charge in [-0.2, -0.15) is 4.31 Å². The van der Waals surface area contributed by atoms with Gasteiger partial charge in [-0.15, -0.1) is 11.6 Å². The van der Waals surface area contributed by atoms with Crippen LogP contribution in [0.25, 0.3) is 0 Å². The molecule has 0 N–H and O–H groups in total. The highest BCUT2D eigenvalue weighted by Gasteiger charge is 2.35. The number of hydrogen-bond acceptors (Lipinski definition) is 2. The monoisotopic (exact) mass is 325 g/mol. The van der Waals surface area contributed by atoms with Crippen molar-refractivity contribution in [2.24, 2.45) is 0 Å². The fourth-order valence-corrected chi connectivity index (χ4v) is 3.50. The molecule has 1 aromatic rings. The molecule has 0 saturated heterocycles. The standard InChI is InChI=1S/C13H18ClF2NO2S/c1-5-13(2,3)17(4)20(18,19)11-7-6-10(15)9(8-14)12(11)16/h6-7H,5,8H2,1-4H3. The van der Waals surface area contributed by atoms with Crippen LogP contribution >= 0.6 is 11.6 Å². The van der Waals surface area contributed by atoms with Crippen molar-refractivity contribution in [1.29, 1.82) is 0 Å². The summed E-state index contributed by atoms with van der Waals surface area (Å²) in [6.07, 6.45) is 0.550. The van der Waals surface area contributed by atoms with Gasteiger partial charge in [0.05, 0.1) is 5.88 Å². The molecule has 0 heterocycles. The molecule has 0 atom stereocenters. The summed E-state index contributed by atoms with van der Waals surface area (Å²) in [5, 5.41) is 0. The summed E-state index contributed by atoms with van der Waals surface area (Å²) >= 11 is 5.47. The lowest BCUT2D eigenvalue weighted by atomic mass is 10.0. The minimum Gasteiger partial charge on any atom is -0.207 e. The van der Waals surface area contributed by atoms with E-state index in [0.717, 1.165) is 16.4 Å². The predicted octanol–water partition coefficient (Wildman–Crippen LogP) is 3.51. The molecule has 1 aromatic carbocycles. The average Bonchev–Trinajstić information content (AvgIpc) is 2.38. The minimum absolute atomic E-state index is 0.429. The van der Waals surface area contributed by atoms with Crippen molar-refractivity contribution >= 4 is 21.6 Å². The topological polar surface area (TPSA) is 37.4 Å². The van der Waals surface area contributed by atoms with E-state index in [4.69, 9.17) is 11.6 Å². The summed E-state index contributed by atoms with van der Waals surface area (Å²) < 4.78 is 53.5. The Morgan fingerprint density at radius 3 is 2.30 bits per heavy atom. The van der Waals surface area contributed by atoms with E-state index in [9.17, 15) is 17.2 Å². The highest BCUT2D eigenvalue weighted by molar-refractivity contribution is 7.89. The van der Waals surface area contributed by atoms with Crippen LogP contribution < -0.4 is 0 Å². The van der Waals surface area contributed by atoms with Gasteiger partial charge in [0, 0.05) is 18.2 Å². The Kier molecular flexibility index (Phi) is 5.16. The largest absolute Gasteiger partial charge is 0.246 e. The van der Waals surface area contributed by atoms with Gasteiger partial charge in [0.2, 0.25) is 10.0 Å². The van der Waals surface area contributed by atoms with Gasteiger partial charge in [-0.25, -0.2) is 17.2 Å². The van der Waals surface area contributed by atoms with Gasteiger partial charge in [0.1, 0.15) is 10.7 Å². The molecule has 0 unspecified atom stereocenters. The second kappa shape index (κ2) is 5.95. The lowest BCUT2D eigenvalue weighted by Gasteiger charge is -2.33. The van der Waals surface area contributed by atoms with Crippen LogP contribution in [0.1, 0.15) is 32.8 Å². The Morgan fingerprint density at radius 2 is 1.85 bits per heavy atom. The van der Waals surface area contributed by atoms with Gasteiger partial charge in [-0.3, -0.25) is 0 Å². The number of halogens is 3. The zero-order chi connectivity index (χ0) is 15.7. The summed E-state index contributed by atoms with van der Waals surface area (Å²) in [6, 6.07) is 1.85. The first kappa shape index (κ1) is 17.3. The summed E-state index contributed by atoms with van der Waals surface area (Å²) in [5.74, 6) is -2.41. The molecule has 0 aliphatic rings. The van der Waals surface area contributed by atoms with E-state index < -0.39 is 43.5 Å². The smallest absolute Gasteiger partial charge is 0.207 e. The third-order valence-corrected chi connectivity index (χ3v) is 5.99. The van der Waals surface area contributed by atoms with E-state index in [2.05, 4.69) is 0 Å². The van der Waals surface area contributed by atoms with Crippen LogP contribution in [0.4, 0.5) is 8.78 Å². The molecule has 0 saturated carbocycles. The molecule has 0 aliphatic carbocycles. The fourth-order valence-electron chi connectivity index (χ4n) is 1.59. The number of sulfonamides is 1. The molecule has 0 amide bonds. The fraction of sp³-hybridized carbons (Fsp3) is 0.538. The van der Waals surface area contributed by atoms with Crippen LogP contribution in [0.2, 0.25) is 0 Å². The first-order valence-corrected chi connectivity index (χ1v) is 8.09. The molecule has 0 spiro atoms. The zero-order valence-electron chi connectivity index (χ0n) is 11.9. The van der Waals surface area contributed by atoms with Crippen molar-refractivity contribution in [3.8, 4) is 0 Å². The van der Waals surface area contributed by atoms with E-state index in [1.165, 1.54) is 7.05 Å². The summed E-state index contributed by atoms with van der Waals surface area (Å²) in [5.41, 5.74) is -1.11. The van der Waals surface area contributed by atoms with Gasteiger partial charge < -0.3 is 0 Å².